The van der Waals surface area contributed by atoms with E-state index in [9.17, 15) is 14.4 Å². The summed E-state index contributed by atoms with van der Waals surface area (Å²) in [5, 5.41) is 2.81. The molecule has 0 radical (unpaired) electrons. The molecule has 1 N–H and O–H groups in total. The van der Waals surface area contributed by atoms with Gasteiger partial charge >= 0.3 is 11.9 Å². The van der Waals surface area contributed by atoms with Crippen molar-refractivity contribution in [2.75, 3.05) is 13.2 Å². The van der Waals surface area contributed by atoms with Gasteiger partial charge in [0.1, 0.15) is 0 Å². The van der Waals surface area contributed by atoms with Crippen LogP contribution in [0.2, 0.25) is 10.0 Å². The lowest BCUT2D eigenvalue weighted by atomic mass is 9.90. The molecule has 0 spiro atoms. The zero-order chi connectivity index (χ0) is 18.3. The maximum absolute atomic E-state index is 12.5. The molecule has 0 heterocycles. The largest absolute Gasteiger partial charge is 0.464 e. The van der Waals surface area contributed by atoms with Crippen LogP contribution < -0.4 is 5.32 Å². The zero-order valence-corrected chi connectivity index (χ0v) is 15.2. The van der Waals surface area contributed by atoms with Gasteiger partial charge in [-0.05, 0) is 25.5 Å². The zero-order valence-electron chi connectivity index (χ0n) is 13.7. The van der Waals surface area contributed by atoms with E-state index in [1.807, 2.05) is 0 Å². The van der Waals surface area contributed by atoms with Crippen LogP contribution in [0.25, 0.3) is 0 Å². The molecular weight excluding hydrogens is 357 g/mol. The van der Waals surface area contributed by atoms with E-state index in [1.54, 1.807) is 32.0 Å². The summed E-state index contributed by atoms with van der Waals surface area (Å²) >= 11 is 12.1. The lowest BCUT2D eigenvalue weighted by Crippen LogP contribution is -2.62. The lowest BCUT2D eigenvalue weighted by Gasteiger charge is -2.30. The van der Waals surface area contributed by atoms with Crippen LogP contribution in [-0.2, 0) is 30.3 Å². The summed E-state index contributed by atoms with van der Waals surface area (Å²) < 4.78 is 9.98. The van der Waals surface area contributed by atoms with Gasteiger partial charge in [0.2, 0.25) is 11.4 Å². The predicted octanol–water partition coefficient (Wildman–Crippen LogP) is 2.54. The Bertz CT molecular complexity index is 615. The molecule has 24 heavy (non-hydrogen) atoms. The van der Waals surface area contributed by atoms with Gasteiger partial charge in [-0.2, -0.15) is 0 Å². The quantitative estimate of drug-likeness (QED) is 0.584. The van der Waals surface area contributed by atoms with E-state index >= 15 is 0 Å². The van der Waals surface area contributed by atoms with Crippen molar-refractivity contribution in [2.24, 2.45) is 0 Å². The number of halogens is 2. The van der Waals surface area contributed by atoms with Crippen molar-refractivity contribution in [3.63, 3.8) is 0 Å². The van der Waals surface area contributed by atoms with Gasteiger partial charge in [-0.3, -0.25) is 4.79 Å². The van der Waals surface area contributed by atoms with Crippen LogP contribution >= 0.6 is 23.2 Å². The van der Waals surface area contributed by atoms with Crippen molar-refractivity contribution in [1.82, 2.24) is 5.32 Å². The average Bonchev–Trinajstić information content (AvgIpc) is 2.51. The second-order valence-electron chi connectivity index (χ2n) is 4.92. The molecule has 8 heteroatoms. The first-order valence-corrected chi connectivity index (χ1v) is 8.10. The highest BCUT2D eigenvalue weighted by Gasteiger charge is 2.50. The van der Waals surface area contributed by atoms with Crippen molar-refractivity contribution in [2.45, 2.75) is 32.7 Å². The Morgan fingerprint density at radius 2 is 1.62 bits per heavy atom. The molecule has 0 unspecified atom stereocenters. The molecule has 0 saturated carbocycles. The average molecular weight is 376 g/mol. The van der Waals surface area contributed by atoms with Crippen LogP contribution in [0.1, 0.15) is 26.3 Å². The number of carbonyl (C=O) groups is 3. The number of hydrogen-bond donors (Lipinski definition) is 1. The fourth-order valence-corrected chi connectivity index (χ4v) is 2.54. The highest BCUT2D eigenvalue weighted by molar-refractivity contribution is 6.42. The van der Waals surface area contributed by atoms with E-state index in [0.717, 1.165) is 0 Å². The number of amides is 1. The monoisotopic (exact) mass is 375 g/mol. The maximum Gasteiger partial charge on any atom is 0.344 e. The minimum atomic E-state index is -2.04. The number of ether oxygens (including phenoxy) is 2. The Morgan fingerprint density at radius 3 is 2.08 bits per heavy atom. The maximum atomic E-state index is 12.5. The molecule has 1 aromatic carbocycles. The first-order valence-electron chi connectivity index (χ1n) is 7.34. The summed E-state index contributed by atoms with van der Waals surface area (Å²) in [6.45, 7) is 4.43. The summed E-state index contributed by atoms with van der Waals surface area (Å²) in [5.41, 5.74) is -1.63. The Labute approximate surface area is 150 Å². The van der Waals surface area contributed by atoms with Gasteiger partial charge in [0.05, 0.1) is 23.3 Å². The molecule has 1 amide bonds. The van der Waals surface area contributed by atoms with Gasteiger partial charge in [-0.15, -0.1) is 0 Å². The van der Waals surface area contributed by atoms with E-state index in [2.05, 4.69) is 5.32 Å². The van der Waals surface area contributed by atoms with Gasteiger partial charge in [0.15, 0.2) is 0 Å². The van der Waals surface area contributed by atoms with Crippen molar-refractivity contribution in [3.8, 4) is 0 Å². The summed E-state index contributed by atoms with van der Waals surface area (Å²) in [6.07, 6.45) is -0.246. The minimum absolute atomic E-state index is 0.0306. The van der Waals surface area contributed by atoms with Gasteiger partial charge in [-0.1, -0.05) is 35.3 Å². The second-order valence-corrected chi connectivity index (χ2v) is 5.70. The van der Waals surface area contributed by atoms with Gasteiger partial charge in [-0.25, -0.2) is 9.59 Å². The van der Waals surface area contributed by atoms with Crippen LogP contribution in [0.15, 0.2) is 18.2 Å². The minimum Gasteiger partial charge on any atom is -0.464 e. The van der Waals surface area contributed by atoms with Crippen LogP contribution in [0.4, 0.5) is 0 Å². The fourth-order valence-electron chi connectivity index (χ4n) is 2.15. The molecule has 0 aromatic heterocycles. The molecule has 0 aliphatic rings. The molecule has 1 rings (SSSR count). The number of hydrogen-bond acceptors (Lipinski definition) is 5. The molecule has 132 valence electrons. The van der Waals surface area contributed by atoms with Gasteiger partial charge in [0.25, 0.3) is 0 Å². The highest BCUT2D eigenvalue weighted by atomic mass is 35.5. The van der Waals surface area contributed by atoms with Crippen LogP contribution in [0, 0.1) is 0 Å². The smallest absolute Gasteiger partial charge is 0.344 e. The van der Waals surface area contributed by atoms with E-state index in [1.165, 1.54) is 6.92 Å². The third kappa shape index (κ3) is 4.61. The van der Waals surface area contributed by atoms with Crippen molar-refractivity contribution >= 4 is 41.0 Å². The van der Waals surface area contributed by atoms with Crippen LogP contribution in [0.5, 0.6) is 0 Å². The molecule has 0 aliphatic heterocycles. The number of carbonyl (C=O) groups excluding carboxylic acids is 3. The van der Waals surface area contributed by atoms with Crippen molar-refractivity contribution in [3.05, 3.63) is 33.8 Å². The van der Waals surface area contributed by atoms with E-state index in [4.69, 9.17) is 32.7 Å². The SMILES string of the molecule is CCOC(=O)C(Cc1cccc(Cl)c1Cl)(NC(C)=O)C(=O)OCC. The summed E-state index contributed by atoms with van der Waals surface area (Å²) in [7, 11) is 0. The lowest BCUT2D eigenvalue weighted by molar-refractivity contribution is -0.168. The summed E-state index contributed by atoms with van der Waals surface area (Å²) in [6, 6.07) is 4.80. The molecule has 1 aromatic rings. The molecule has 6 nitrogen and oxygen atoms in total. The first kappa shape index (κ1) is 20.3. The Hall–Kier alpha value is -1.79. The molecule has 0 fully saturated rings. The van der Waals surface area contributed by atoms with Gasteiger partial charge in [0, 0.05) is 13.3 Å². The number of esters is 2. The van der Waals surface area contributed by atoms with Gasteiger partial charge < -0.3 is 14.8 Å². The molecule has 0 aliphatic carbocycles. The first-order chi connectivity index (χ1) is 11.3. The standard InChI is InChI=1S/C16H19Cl2NO5/c1-4-23-14(21)16(19-10(3)20,15(22)24-5-2)9-11-7-6-8-12(17)13(11)18/h6-8H,4-5,9H2,1-3H3,(H,19,20). The molecular formula is C16H19Cl2NO5. The highest BCUT2D eigenvalue weighted by Crippen LogP contribution is 2.29. The molecule has 0 bridgehead atoms. The second kappa shape index (κ2) is 8.89. The summed E-state index contributed by atoms with van der Waals surface area (Å²) in [5.74, 6) is -2.43. The Morgan fingerprint density at radius 1 is 1.08 bits per heavy atom. The molecule has 0 saturated heterocycles. The Kier molecular flexibility index (Phi) is 7.51. The van der Waals surface area contributed by atoms with Crippen molar-refractivity contribution in [1.29, 1.82) is 0 Å². The topological polar surface area (TPSA) is 81.7 Å². The summed E-state index contributed by atoms with van der Waals surface area (Å²) in [4.78, 5) is 36.6. The third-order valence-electron chi connectivity index (χ3n) is 3.12. The van der Waals surface area contributed by atoms with Crippen LogP contribution in [-0.4, -0.2) is 36.6 Å². The number of nitrogens with one attached hydrogen (secondary N) is 1. The fraction of sp³-hybridized carbons (Fsp3) is 0.438. The molecule has 0 atom stereocenters. The normalized spacial score (nSPS) is 10.9. The van der Waals surface area contributed by atoms with E-state index < -0.39 is 23.4 Å². The van der Waals surface area contributed by atoms with E-state index in [0.29, 0.717) is 5.56 Å². The Balaban J connectivity index is 3.42. The predicted molar refractivity (Wildman–Crippen MR) is 90.0 cm³/mol. The number of rotatable bonds is 7. The van der Waals surface area contributed by atoms with Crippen LogP contribution in [0.3, 0.4) is 0 Å². The third-order valence-corrected chi connectivity index (χ3v) is 3.98. The van der Waals surface area contributed by atoms with Crippen molar-refractivity contribution < 1.29 is 23.9 Å². The van der Waals surface area contributed by atoms with E-state index in [-0.39, 0.29) is 29.7 Å². The number of benzene rings is 1.